The summed E-state index contributed by atoms with van der Waals surface area (Å²) in [6, 6.07) is 6.27. The van der Waals surface area contributed by atoms with Crippen molar-refractivity contribution in [3.8, 4) is 5.75 Å². The topological polar surface area (TPSA) is 96.5 Å². The Morgan fingerprint density at radius 1 is 1.03 bits per heavy atom. The van der Waals surface area contributed by atoms with E-state index in [2.05, 4.69) is 0 Å². The van der Waals surface area contributed by atoms with Crippen LogP contribution in [-0.2, 0) is 19.6 Å². The van der Waals surface area contributed by atoms with Gasteiger partial charge < -0.3 is 19.3 Å². The third-order valence-corrected chi connectivity index (χ3v) is 7.43. The van der Waals surface area contributed by atoms with Crippen molar-refractivity contribution in [2.45, 2.75) is 24.7 Å². The SMILES string of the molecule is CCOC(=O)N1CCN(C(=O)C2CCCN(S(=O)(=O)c3ccc(OC)cc3)C2)CC1. The maximum atomic E-state index is 13.0. The fourth-order valence-electron chi connectivity index (χ4n) is 3.84. The first-order valence-electron chi connectivity index (χ1n) is 10.2. The first-order chi connectivity index (χ1) is 14.4. The Hall–Kier alpha value is -2.33. The monoisotopic (exact) mass is 439 g/mol. The maximum Gasteiger partial charge on any atom is 0.409 e. The van der Waals surface area contributed by atoms with Crippen molar-refractivity contribution in [1.29, 1.82) is 0 Å². The summed E-state index contributed by atoms with van der Waals surface area (Å²) in [5.74, 6) is 0.164. The Kier molecular flexibility index (Phi) is 7.19. The van der Waals surface area contributed by atoms with Crippen molar-refractivity contribution < 1.29 is 27.5 Å². The van der Waals surface area contributed by atoms with Gasteiger partial charge in [-0.05, 0) is 44.0 Å². The summed E-state index contributed by atoms with van der Waals surface area (Å²) in [5.41, 5.74) is 0. The largest absolute Gasteiger partial charge is 0.497 e. The smallest absolute Gasteiger partial charge is 0.409 e. The van der Waals surface area contributed by atoms with Gasteiger partial charge >= 0.3 is 6.09 Å². The lowest BCUT2D eigenvalue weighted by atomic mass is 9.98. The Balaban J connectivity index is 1.61. The molecule has 30 heavy (non-hydrogen) atoms. The number of hydrogen-bond acceptors (Lipinski definition) is 6. The highest BCUT2D eigenvalue weighted by atomic mass is 32.2. The lowest BCUT2D eigenvalue weighted by Gasteiger charge is -2.38. The van der Waals surface area contributed by atoms with Crippen LogP contribution >= 0.6 is 0 Å². The number of sulfonamides is 1. The molecule has 0 N–H and O–H groups in total. The van der Waals surface area contributed by atoms with E-state index in [1.54, 1.807) is 28.9 Å². The number of methoxy groups -OCH3 is 1. The van der Waals surface area contributed by atoms with Crippen molar-refractivity contribution in [1.82, 2.24) is 14.1 Å². The summed E-state index contributed by atoms with van der Waals surface area (Å²) in [6.07, 6.45) is 0.930. The molecule has 2 fully saturated rings. The van der Waals surface area contributed by atoms with Gasteiger partial charge in [-0.2, -0.15) is 4.31 Å². The molecule has 1 atom stereocenters. The highest BCUT2D eigenvalue weighted by Gasteiger charge is 2.36. The van der Waals surface area contributed by atoms with E-state index in [-0.39, 0.29) is 29.4 Å². The van der Waals surface area contributed by atoms with Gasteiger partial charge in [0.15, 0.2) is 0 Å². The quantitative estimate of drug-likeness (QED) is 0.688. The summed E-state index contributed by atoms with van der Waals surface area (Å²) in [6.45, 7) is 4.35. The van der Waals surface area contributed by atoms with E-state index < -0.39 is 10.0 Å². The molecule has 3 rings (SSSR count). The molecule has 1 unspecified atom stereocenters. The molecule has 1 aromatic carbocycles. The first kappa shape index (κ1) is 22.4. The predicted molar refractivity (Wildman–Crippen MR) is 110 cm³/mol. The van der Waals surface area contributed by atoms with Crippen molar-refractivity contribution >= 4 is 22.0 Å². The van der Waals surface area contributed by atoms with Gasteiger partial charge in [-0.1, -0.05) is 0 Å². The number of ether oxygens (including phenoxy) is 2. The minimum absolute atomic E-state index is 0.0480. The second-order valence-electron chi connectivity index (χ2n) is 7.39. The molecule has 2 aliphatic rings. The number of amides is 2. The molecule has 0 aliphatic carbocycles. The summed E-state index contributed by atoms with van der Waals surface area (Å²) in [7, 11) is -2.15. The molecule has 0 radical (unpaired) electrons. The standard InChI is InChI=1S/C20H29N3O6S/c1-3-29-20(25)22-13-11-21(12-14-22)19(24)16-5-4-10-23(15-16)30(26,27)18-8-6-17(28-2)7-9-18/h6-9,16H,3-5,10-15H2,1-2H3. The number of piperidine rings is 1. The number of rotatable bonds is 5. The molecule has 166 valence electrons. The van der Waals surface area contributed by atoms with E-state index in [1.807, 2.05) is 0 Å². The van der Waals surface area contributed by atoms with Gasteiger partial charge in [0, 0.05) is 39.3 Å². The summed E-state index contributed by atoms with van der Waals surface area (Å²) in [4.78, 5) is 28.3. The Labute approximate surface area is 177 Å². The lowest BCUT2D eigenvalue weighted by Crippen LogP contribution is -2.54. The normalized spacial score (nSPS) is 20.7. The molecule has 0 aromatic heterocycles. The van der Waals surface area contributed by atoms with Gasteiger partial charge in [0.1, 0.15) is 5.75 Å². The van der Waals surface area contributed by atoms with Gasteiger partial charge in [-0.3, -0.25) is 4.79 Å². The zero-order valence-electron chi connectivity index (χ0n) is 17.5. The van der Waals surface area contributed by atoms with Crippen LogP contribution in [0.3, 0.4) is 0 Å². The Bertz CT molecular complexity index is 850. The minimum atomic E-state index is -3.67. The molecule has 2 heterocycles. The maximum absolute atomic E-state index is 13.0. The van der Waals surface area contributed by atoms with E-state index in [0.717, 1.165) is 0 Å². The van der Waals surface area contributed by atoms with Gasteiger partial charge in [0.05, 0.1) is 24.5 Å². The lowest BCUT2D eigenvalue weighted by molar-refractivity contribution is -0.138. The molecule has 9 nitrogen and oxygen atoms in total. The zero-order chi connectivity index (χ0) is 21.7. The van der Waals surface area contributed by atoms with Crippen LogP contribution in [0, 0.1) is 5.92 Å². The van der Waals surface area contributed by atoms with Gasteiger partial charge in [-0.15, -0.1) is 0 Å². The Morgan fingerprint density at radius 3 is 2.27 bits per heavy atom. The fourth-order valence-corrected chi connectivity index (χ4v) is 5.37. The van der Waals surface area contributed by atoms with Crippen molar-refractivity contribution in [2.75, 3.05) is 53.0 Å². The van der Waals surface area contributed by atoms with E-state index in [1.165, 1.54) is 23.5 Å². The van der Waals surface area contributed by atoms with Crippen LogP contribution in [0.1, 0.15) is 19.8 Å². The fraction of sp³-hybridized carbons (Fsp3) is 0.600. The second kappa shape index (κ2) is 9.65. The predicted octanol–water partition coefficient (Wildman–Crippen LogP) is 1.40. The Morgan fingerprint density at radius 2 is 1.67 bits per heavy atom. The molecule has 10 heteroatoms. The highest BCUT2D eigenvalue weighted by molar-refractivity contribution is 7.89. The average Bonchev–Trinajstić information content (AvgIpc) is 2.79. The van der Waals surface area contributed by atoms with Crippen LogP contribution in [-0.4, -0.2) is 87.5 Å². The molecule has 0 bridgehead atoms. The number of piperazine rings is 1. The van der Waals surface area contributed by atoms with Gasteiger partial charge in [-0.25, -0.2) is 13.2 Å². The van der Waals surface area contributed by atoms with Crippen molar-refractivity contribution in [3.05, 3.63) is 24.3 Å². The summed E-state index contributed by atoms with van der Waals surface area (Å²) < 4.78 is 37.5. The van der Waals surface area contributed by atoms with Crippen LogP contribution in [0.25, 0.3) is 0 Å². The molecule has 0 spiro atoms. The molecule has 2 amide bonds. The van der Waals surface area contributed by atoms with Crippen LogP contribution in [0.15, 0.2) is 29.2 Å². The van der Waals surface area contributed by atoms with E-state index in [0.29, 0.717) is 57.9 Å². The van der Waals surface area contributed by atoms with Gasteiger partial charge in [0.25, 0.3) is 0 Å². The summed E-state index contributed by atoms with van der Waals surface area (Å²) in [5, 5.41) is 0. The van der Waals surface area contributed by atoms with E-state index in [4.69, 9.17) is 9.47 Å². The molecule has 2 saturated heterocycles. The number of nitrogens with zero attached hydrogens (tertiary/aromatic N) is 3. The second-order valence-corrected chi connectivity index (χ2v) is 9.33. The third-order valence-electron chi connectivity index (χ3n) is 5.55. The number of benzene rings is 1. The number of carbonyl (C=O) groups is 2. The minimum Gasteiger partial charge on any atom is -0.497 e. The average molecular weight is 440 g/mol. The van der Waals surface area contributed by atoms with Crippen LogP contribution in [0.5, 0.6) is 5.75 Å². The van der Waals surface area contributed by atoms with E-state index in [9.17, 15) is 18.0 Å². The zero-order valence-corrected chi connectivity index (χ0v) is 18.3. The summed E-state index contributed by atoms with van der Waals surface area (Å²) >= 11 is 0. The molecular formula is C20H29N3O6S. The van der Waals surface area contributed by atoms with Crippen molar-refractivity contribution in [3.63, 3.8) is 0 Å². The molecular weight excluding hydrogens is 410 g/mol. The molecule has 1 aromatic rings. The van der Waals surface area contributed by atoms with Crippen LogP contribution in [0.2, 0.25) is 0 Å². The third kappa shape index (κ3) is 4.86. The van der Waals surface area contributed by atoms with Crippen LogP contribution in [0.4, 0.5) is 4.79 Å². The number of hydrogen-bond donors (Lipinski definition) is 0. The molecule has 0 saturated carbocycles. The van der Waals surface area contributed by atoms with Crippen LogP contribution < -0.4 is 4.74 Å². The van der Waals surface area contributed by atoms with E-state index >= 15 is 0 Å². The highest BCUT2D eigenvalue weighted by Crippen LogP contribution is 2.26. The molecule has 2 aliphatic heterocycles. The van der Waals surface area contributed by atoms with Gasteiger partial charge in [0.2, 0.25) is 15.9 Å². The number of carbonyl (C=O) groups excluding carboxylic acids is 2. The first-order valence-corrected chi connectivity index (χ1v) is 11.7. The van der Waals surface area contributed by atoms with Crippen molar-refractivity contribution in [2.24, 2.45) is 5.92 Å².